The second-order valence-corrected chi connectivity index (χ2v) is 11.6. The molecule has 0 unspecified atom stereocenters. The third-order valence-corrected chi connectivity index (χ3v) is 8.80. The van der Waals surface area contributed by atoms with Crippen molar-refractivity contribution in [3.05, 3.63) is 81.8 Å². The Balaban J connectivity index is 2.07. The summed E-state index contributed by atoms with van der Waals surface area (Å²) in [5, 5.41) is 3.17. The number of likely N-dealkylation sites (N-methyl/N-ethyl adjacent to an activating group) is 1. The van der Waals surface area contributed by atoms with Crippen molar-refractivity contribution in [3.8, 4) is 11.5 Å². The average Bonchev–Trinajstić information content (AvgIpc) is 2.95. The molecule has 12 heteroatoms. The minimum absolute atomic E-state index is 0.0115. The highest BCUT2D eigenvalue weighted by Crippen LogP contribution is 2.32. The van der Waals surface area contributed by atoms with Crippen LogP contribution in [0.3, 0.4) is 0 Å². The second-order valence-electron chi connectivity index (χ2n) is 8.92. The zero-order chi connectivity index (χ0) is 29.6. The van der Waals surface area contributed by atoms with E-state index in [2.05, 4.69) is 5.32 Å². The molecule has 0 aromatic heterocycles. The molecule has 40 heavy (non-hydrogen) atoms. The molecule has 9 nitrogen and oxygen atoms in total. The van der Waals surface area contributed by atoms with Gasteiger partial charge < -0.3 is 19.7 Å². The molecular weight excluding hydrogens is 577 g/mol. The zero-order valence-corrected chi connectivity index (χ0v) is 25.1. The Morgan fingerprint density at radius 2 is 1.57 bits per heavy atom. The number of sulfonamides is 1. The van der Waals surface area contributed by atoms with E-state index in [1.165, 1.54) is 44.4 Å². The fraction of sp³-hybridized carbons (Fsp3) is 0.286. The summed E-state index contributed by atoms with van der Waals surface area (Å²) in [7, 11) is 0.0236. The fourth-order valence-corrected chi connectivity index (χ4v) is 5.72. The van der Waals surface area contributed by atoms with Crippen LogP contribution in [0.15, 0.2) is 65.6 Å². The van der Waals surface area contributed by atoms with Gasteiger partial charge in [0.1, 0.15) is 12.6 Å². The van der Waals surface area contributed by atoms with E-state index in [0.29, 0.717) is 16.3 Å². The summed E-state index contributed by atoms with van der Waals surface area (Å²) in [6.45, 7) is 2.84. The summed E-state index contributed by atoms with van der Waals surface area (Å²) in [5.74, 6) is -0.454. The summed E-state index contributed by atoms with van der Waals surface area (Å²) >= 11 is 12.2. The lowest BCUT2D eigenvalue weighted by atomic mass is 10.1. The van der Waals surface area contributed by atoms with Gasteiger partial charge in [-0.2, -0.15) is 0 Å². The Hall–Kier alpha value is -3.47. The molecule has 0 saturated heterocycles. The number of nitrogens with zero attached hydrogens (tertiary/aromatic N) is 2. The first-order valence-electron chi connectivity index (χ1n) is 12.2. The molecule has 3 rings (SSSR count). The van der Waals surface area contributed by atoms with Crippen LogP contribution in [0.25, 0.3) is 0 Å². The van der Waals surface area contributed by atoms with E-state index in [0.717, 1.165) is 9.87 Å². The lowest BCUT2D eigenvalue weighted by molar-refractivity contribution is -0.139. The predicted octanol–water partition coefficient (Wildman–Crippen LogP) is 4.68. The van der Waals surface area contributed by atoms with Gasteiger partial charge in [0, 0.05) is 19.7 Å². The molecule has 0 heterocycles. The third-order valence-electron chi connectivity index (χ3n) is 6.29. The van der Waals surface area contributed by atoms with Crippen molar-refractivity contribution in [2.45, 2.75) is 31.3 Å². The van der Waals surface area contributed by atoms with Crippen molar-refractivity contribution in [2.24, 2.45) is 0 Å². The molecule has 1 N–H and O–H groups in total. The summed E-state index contributed by atoms with van der Waals surface area (Å²) in [4.78, 5) is 27.6. The first-order valence-corrected chi connectivity index (χ1v) is 14.4. The van der Waals surface area contributed by atoms with Crippen molar-refractivity contribution in [1.29, 1.82) is 0 Å². The second kappa shape index (κ2) is 13.3. The molecule has 3 aromatic rings. The first-order chi connectivity index (χ1) is 18.9. The van der Waals surface area contributed by atoms with Crippen molar-refractivity contribution in [2.75, 3.05) is 32.1 Å². The highest BCUT2D eigenvalue weighted by molar-refractivity contribution is 7.92. The van der Waals surface area contributed by atoms with Gasteiger partial charge in [0.2, 0.25) is 11.8 Å². The van der Waals surface area contributed by atoms with Gasteiger partial charge in [-0.15, -0.1) is 0 Å². The molecule has 1 atom stereocenters. The van der Waals surface area contributed by atoms with Crippen molar-refractivity contribution >= 4 is 50.7 Å². The number of carbonyl (C=O) groups is 2. The summed E-state index contributed by atoms with van der Waals surface area (Å²) in [6.07, 6.45) is 0. The van der Waals surface area contributed by atoms with Gasteiger partial charge in [0.05, 0.1) is 34.8 Å². The lowest BCUT2D eigenvalue weighted by Crippen LogP contribution is -2.50. The molecule has 3 aromatic carbocycles. The largest absolute Gasteiger partial charge is 0.493 e. The normalized spacial score (nSPS) is 11.9. The predicted molar refractivity (Wildman–Crippen MR) is 156 cm³/mol. The highest BCUT2D eigenvalue weighted by atomic mass is 35.5. The van der Waals surface area contributed by atoms with Crippen molar-refractivity contribution in [3.63, 3.8) is 0 Å². The summed E-state index contributed by atoms with van der Waals surface area (Å²) in [5.41, 5.74) is 1.80. The van der Waals surface area contributed by atoms with Crippen LogP contribution in [0.4, 0.5) is 5.69 Å². The number of methoxy groups -OCH3 is 2. The number of benzene rings is 3. The monoisotopic (exact) mass is 607 g/mol. The van der Waals surface area contributed by atoms with Crippen LogP contribution in [0.2, 0.25) is 10.0 Å². The standard InChI is InChI=1S/C28H31Cl2N3O6S/c1-18-6-9-21(10-7-18)33(40(36,37)22-11-13-25(38-4)26(15-22)39-5)17-27(34)32(19(2)28(35)31-3)16-20-8-12-23(29)24(30)14-20/h6-15,19H,16-17H2,1-5H3,(H,31,35)/t19-/m0/s1. The van der Waals surface area contributed by atoms with Crippen LogP contribution in [-0.4, -0.2) is 59.0 Å². The average molecular weight is 609 g/mol. The highest BCUT2D eigenvalue weighted by Gasteiger charge is 2.33. The van der Waals surface area contributed by atoms with Crippen molar-refractivity contribution in [1.82, 2.24) is 10.2 Å². The minimum atomic E-state index is -4.28. The van der Waals surface area contributed by atoms with E-state index in [9.17, 15) is 18.0 Å². The number of rotatable bonds is 11. The molecule has 0 saturated carbocycles. The Morgan fingerprint density at radius 1 is 0.925 bits per heavy atom. The zero-order valence-electron chi connectivity index (χ0n) is 22.8. The van der Waals surface area contributed by atoms with Crippen LogP contribution in [0, 0.1) is 6.92 Å². The number of hydrogen-bond donors (Lipinski definition) is 1. The molecule has 0 aliphatic carbocycles. The molecular formula is C28H31Cl2N3O6S. The van der Waals surface area contributed by atoms with Gasteiger partial charge in [-0.05, 0) is 55.8 Å². The van der Waals surface area contributed by atoms with E-state index in [1.807, 2.05) is 6.92 Å². The van der Waals surface area contributed by atoms with E-state index in [1.54, 1.807) is 49.4 Å². The number of aryl methyl sites for hydroxylation is 1. The number of amides is 2. The summed E-state index contributed by atoms with van der Waals surface area (Å²) in [6, 6.07) is 14.9. The Morgan fingerprint density at radius 3 is 2.15 bits per heavy atom. The molecule has 0 fully saturated rings. The van der Waals surface area contributed by atoms with Crippen LogP contribution in [0.5, 0.6) is 11.5 Å². The third kappa shape index (κ3) is 6.99. The molecule has 0 radical (unpaired) electrons. The van der Waals surface area contributed by atoms with Crippen LogP contribution in [0.1, 0.15) is 18.1 Å². The topological polar surface area (TPSA) is 105 Å². The number of halogens is 2. The minimum Gasteiger partial charge on any atom is -0.493 e. The first kappa shape index (κ1) is 31.1. The van der Waals surface area contributed by atoms with Crippen LogP contribution < -0.4 is 19.1 Å². The van der Waals surface area contributed by atoms with E-state index < -0.39 is 34.4 Å². The molecule has 214 valence electrons. The Kier molecular flexibility index (Phi) is 10.3. The molecule has 0 bridgehead atoms. The van der Waals surface area contributed by atoms with Gasteiger partial charge in [-0.1, -0.05) is 47.0 Å². The van der Waals surface area contributed by atoms with Crippen LogP contribution >= 0.6 is 23.2 Å². The van der Waals surface area contributed by atoms with E-state index >= 15 is 0 Å². The van der Waals surface area contributed by atoms with Crippen LogP contribution in [-0.2, 0) is 26.2 Å². The Bertz CT molecular complexity index is 1480. The number of carbonyl (C=O) groups excluding carboxylic acids is 2. The molecule has 0 aliphatic rings. The molecule has 2 amide bonds. The maximum absolute atomic E-state index is 14.0. The number of ether oxygens (including phenoxy) is 2. The van der Waals surface area contributed by atoms with Gasteiger partial charge >= 0.3 is 0 Å². The summed E-state index contributed by atoms with van der Waals surface area (Å²) < 4.78 is 39.5. The fourth-order valence-electron chi connectivity index (χ4n) is 3.97. The smallest absolute Gasteiger partial charge is 0.264 e. The van der Waals surface area contributed by atoms with Gasteiger partial charge in [-0.3, -0.25) is 13.9 Å². The maximum Gasteiger partial charge on any atom is 0.264 e. The molecule has 0 spiro atoms. The quantitative estimate of drug-likeness (QED) is 0.339. The lowest BCUT2D eigenvalue weighted by Gasteiger charge is -2.32. The van der Waals surface area contributed by atoms with Gasteiger partial charge in [0.15, 0.2) is 11.5 Å². The number of hydrogen-bond acceptors (Lipinski definition) is 6. The van der Waals surface area contributed by atoms with E-state index in [-0.39, 0.29) is 27.9 Å². The molecule has 0 aliphatic heterocycles. The number of nitrogens with one attached hydrogen (secondary N) is 1. The van der Waals surface area contributed by atoms with Crippen molar-refractivity contribution < 1.29 is 27.5 Å². The maximum atomic E-state index is 14.0. The number of anilines is 1. The van der Waals surface area contributed by atoms with E-state index in [4.69, 9.17) is 32.7 Å². The SMILES string of the molecule is CNC(=O)[C@H](C)N(Cc1ccc(Cl)c(Cl)c1)C(=O)CN(c1ccc(C)cc1)S(=O)(=O)c1ccc(OC)c(OC)c1. The Labute approximate surface area is 244 Å². The van der Waals surface area contributed by atoms with Gasteiger partial charge in [0.25, 0.3) is 10.0 Å². The van der Waals surface area contributed by atoms with Gasteiger partial charge in [-0.25, -0.2) is 8.42 Å².